The van der Waals surface area contributed by atoms with Crippen LogP contribution in [0, 0.1) is 17.8 Å². The van der Waals surface area contributed by atoms with Crippen LogP contribution in [0.25, 0.3) is 0 Å². The van der Waals surface area contributed by atoms with E-state index in [-0.39, 0.29) is 30.1 Å². The number of nitrogens with zero attached hydrogens (tertiary/aromatic N) is 1. The highest BCUT2D eigenvalue weighted by Crippen LogP contribution is 2.58. The second-order valence-corrected chi connectivity index (χ2v) is 10.0. The molecule has 24 heavy (non-hydrogen) atoms. The summed E-state index contributed by atoms with van der Waals surface area (Å²) in [6.45, 7) is 3.33. The van der Waals surface area contributed by atoms with Crippen LogP contribution in [0.4, 0.5) is 0 Å². The molecular formula is C15H21NO6S2. The van der Waals surface area contributed by atoms with E-state index in [1.807, 2.05) is 16.7 Å². The van der Waals surface area contributed by atoms with Gasteiger partial charge in [0.25, 0.3) is 10.1 Å². The van der Waals surface area contributed by atoms with Gasteiger partial charge in [0.05, 0.1) is 6.54 Å². The minimum atomic E-state index is -3.75. The van der Waals surface area contributed by atoms with Gasteiger partial charge in [-0.25, -0.2) is 0 Å². The minimum Gasteiger partial charge on any atom is -0.458 e. The van der Waals surface area contributed by atoms with Gasteiger partial charge in [-0.2, -0.15) is 20.2 Å². The molecule has 4 fully saturated rings. The van der Waals surface area contributed by atoms with Gasteiger partial charge in [0.2, 0.25) is 0 Å². The van der Waals surface area contributed by atoms with E-state index in [0.717, 1.165) is 24.6 Å². The van der Waals surface area contributed by atoms with Gasteiger partial charge in [-0.1, -0.05) is 0 Å². The van der Waals surface area contributed by atoms with E-state index in [0.29, 0.717) is 6.42 Å². The number of rotatable bonds is 4. The van der Waals surface area contributed by atoms with Crippen molar-refractivity contribution in [3.8, 4) is 0 Å². The van der Waals surface area contributed by atoms with Crippen molar-refractivity contribution >= 4 is 33.6 Å². The van der Waals surface area contributed by atoms with Gasteiger partial charge in [-0.3, -0.25) is 18.7 Å². The number of carbonyl (C=O) groups is 2. The number of carbonyl (C=O) groups excluding carboxylic acids is 2. The lowest BCUT2D eigenvalue weighted by atomic mass is 9.82. The van der Waals surface area contributed by atoms with Crippen molar-refractivity contribution in [1.29, 1.82) is 0 Å². The van der Waals surface area contributed by atoms with Gasteiger partial charge in [0.1, 0.15) is 23.2 Å². The number of thioether (sulfide) groups is 1. The molecule has 4 aliphatic rings. The second kappa shape index (κ2) is 5.96. The number of ketones is 1. The van der Waals surface area contributed by atoms with Crippen LogP contribution in [0.2, 0.25) is 0 Å². The van der Waals surface area contributed by atoms with Crippen LogP contribution in [-0.2, 0) is 28.6 Å². The Kier molecular flexibility index (Phi) is 4.18. The fourth-order valence-electron chi connectivity index (χ4n) is 4.81. The lowest BCUT2D eigenvalue weighted by Crippen LogP contribution is -2.46. The summed E-state index contributed by atoms with van der Waals surface area (Å²) < 4.78 is 35.3. The standard InChI is InChI=1S/C15H21NO6S2/c1-8(17)12-9-6-10-14(22-24(19,20)15(10)12)13(9)21-11(18)7-16-2-4-23-5-3-16/h9-10,12-15H,2-7H2,1H3. The monoisotopic (exact) mass is 375 g/mol. The zero-order valence-corrected chi connectivity index (χ0v) is 15.1. The molecule has 0 aromatic carbocycles. The highest BCUT2D eigenvalue weighted by atomic mass is 32.2. The zero-order valence-electron chi connectivity index (χ0n) is 13.4. The maximum Gasteiger partial charge on any atom is 0.320 e. The fourth-order valence-corrected chi connectivity index (χ4v) is 7.92. The molecule has 6 atom stereocenters. The number of esters is 1. The molecule has 7 nitrogen and oxygen atoms in total. The summed E-state index contributed by atoms with van der Waals surface area (Å²) in [5.41, 5.74) is 0. The molecule has 2 aliphatic carbocycles. The summed E-state index contributed by atoms with van der Waals surface area (Å²) >= 11 is 1.86. The van der Waals surface area contributed by atoms with Crippen LogP contribution >= 0.6 is 11.8 Å². The zero-order chi connectivity index (χ0) is 17.1. The van der Waals surface area contributed by atoms with Crippen molar-refractivity contribution in [3.63, 3.8) is 0 Å². The van der Waals surface area contributed by atoms with Crippen LogP contribution in [0.1, 0.15) is 13.3 Å². The Morgan fingerprint density at radius 1 is 1.25 bits per heavy atom. The Bertz CT molecular complexity index is 659. The minimum absolute atomic E-state index is 0.158. The maximum absolute atomic E-state index is 12.3. The summed E-state index contributed by atoms with van der Waals surface area (Å²) in [4.78, 5) is 26.3. The Hall–Kier alpha value is -0.640. The normalized spacial score (nSPS) is 43.0. The molecule has 0 amide bonds. The Labute approximate surface area is 145 Å². The number of hydrogen-bond donors (Lipinski definition) is 0. The first-order valence-corrected chi connectivity index (χ1v) is 10.9. The van der Waals surface area contributed by atoms with Crippen molar-refractivity contribution in [3.05, 3.63) is 0 Å². The van der Waals surface area contributed by atoms with Gasteiger partial charge in [0.15, 0.2) is 0 Å². The van der Waals surface area contributed by atoms with E-state index < -0.39 is 33.5 Å². The van der Waals surface area contributed by atoms with Crippen molar-refractivity contribution < 1.29 is 26.9 Å². The van der Waals surface area contributed by atoms with Gasteiger partial charge in [0, 0.05) is 42.3 Å². The highest BCUT2D eigenvalue weighted by Gasteiger charge is 2.70. The molecule has 2 bridgehead atoms. The molecule has 0 aromatic rings. The molecule has 2 aliphatic heterocycles. The predicted molar refractivity (Wildman–Crippen MR) is 87.0 cm³/mol. The molecule has 0 radical (unpaired) electrons. The summed E-state index contributed by atoms with van der Waals surface area (Å²) in [7, 11) is -3.75. The van der Waals surface area contributed by atoms with E-state index in [4.69, 9.17) is 8.92 Å². The van der Waals surface area contributed by atoms with E-state index in [1.165, 1.54) is 6.92 Å². The summed E-state index contributed by atoms with van der Waals surface area (Å²) in [6, 6.07) is 0. The van der Waals surface area contributed by atoms with Gasteiger partial charge in [-0.15, -0.1) is 0 Å². The van der Waals surface area contributed by atoms with Crippen LogP contribution in [0.15, 0.2) is 0 Å². The molecule has 2 saturated heterocycles. The molecule has 0 N–H and O–H groups in total. The number of Topliss-reactive ketones (excluding diaryl/α,β-unsaturated/α-hetero) is 1. The van der Waals surface area contributed by atoms with Crippen LogP contribution in [0.5, 0.6) is 0 Å². The lowest BCUT2D eigenvalue weighted by Gasteiger charge is -2.31. The van der Waals surface area contributed by atoms with Crippen molar-refractivity contribution in [1.82, 2.24) is 4.90 Å². The van der Waals surface area contributed by atoms with Gasteiger partial charge < -0.3 is 4.74 Å². The number of fused-ring (bicyclic) bond motifs is 1. The molecule has 0 aromatic heterocycles. The molecule has 2 heterocycles. The highest BCUT2D eigenvalue weighted by molar-refractivity contribution is 7.99. The molecule has 134 valence electrons. The summed E-state index contributed by atoms with van der Waals surface area (Å²) in [5.74, 6) is 0.417. The summed E-state index contributed by atoms with van der Waals surface area (Å²) in [6.07, 6.45) is -0.651. The van der Waals surface area contributed by atoms with Crippen LogP contribution < -0.4 is 0 Å². The number of ether oxygens (including phenoxy) is 1. The average molecular weight is 375 g/mol. The second-order valence-electron chi connectivity index (χ2n) is 7.06. The third kappa shape index (κ3) is 2.60. The molecular weight excluding hydrogens is 354 g/mol. The van der Waals surface area contributed by atoms with Gasteiger partial charge >= 0.3 is 5.97 Å². The third-order valence-corrected chi connectivity index (χ3v) is 8.46. The third-order valence-electron chi connectivity index (χ3n) is 5.72. The van der Waals surface area contributed by atoms with E-state index in [9.17, 15) is 18.0 Å². The Balaban J connectivity index is 1.48. The Morgan fingerprint density at radius 2 is 1.96 bits per heavy atom. The van der Waals surface area contributed by atoms with Crippen molar-refractivity contribution in [2.45, 2.75) is 30.8 Å². The van der Waals surface area contributed by atoms with E-state index in [1.54, 1.807) is 0 Å². The first-order chi connectivity index (χ1) is 11.4. The first kappa shape index (κ1) is 16.8. The SMILES string of the molecule is CC(=O)C1C2CC3C(OS(=O)(=O)C31)C2OC(=O)CN1CCSCC1. The van der Waals surface area contributed by atoms with Crippen molar-refractivity contribution in [2.75, 3.05) is 31.1 Å². The van der Waals surface area contributed by atoms with E-state index >= 15 is 0 Å². The molecule has 6 unspecified atom stereocenters. The summed E-state index contributed by atoms with van der Waals surface area (Å²) in [5, 5.41) is -0.751. The van der Waals surface area contributed by atoms with E-state index in [2.05, 4.69) is 0 Å². The quantitative estimate of drug-likeness (QED) is 0.497. The molecule has 0 spiro atoms. The average Bonchev–Trinajstić information content (AvgIpc) is 3.10. The topological polar surface area (TPSA) is 90.0 Å². The largest absolute Gasteiger partial charge is 0.458 e. The first-order valence-electron chi connectivity index (χ1n) is 8.30. The van der Waals surface area contributed by atoms with Crippen LogP contribution in [-0.4, -0.2) is 73.7 Å². The fraction of sp³-hybridized carbons (Fsp3) is 0.867. The van der Waals surface area contributed by atoms with Crippen molar-refractivity contribution in [2.24, 2.45) is 17.8 Å². The Morgan fingerprint density at radius 3 is 2.62 bits per heavy atom. The lowest BCUT2D eigenvalue weighted by molar-refractivity contribution is -0.159. The predicted octanol–water partition coefficient (Wildman–Crippen LogP) is -0.101. The molecule has 4 rings (SSSR count). The maximum atomic E-state index is 12.3. The molecule has 2 saturated carbocycles. The molecule has 9 heteroatoms. The van der Waals surface area contributed by atoms with Crippen LogP contribution in [0.3, 0.4) is 0 Å². The smallest absolute Gasteiger partial charge is 0.320 e. The van der Waals surface area contributed by atoms with Gasteiger partial charge in [-0.05, 0) is 13.3 Å². The number of hydrogen-bond acceptors (Lipinski definition) is 8.